The van der Waals surface area contributed by atoms with Gasteiger partial charge in [-0.15, -0.1) is 22.0 Å². The van der Waals surface area contributed by atoms with Gasteiger partial charge in [-0.2, -0.15) is 0 Å². The lowest BCUT2D eigenvalue weighted by atomic mass is 10.2. The van der Waals surface area contributed by atoms with Crippen molar-refractivity contribution in [2.24, 2.45) is 7.05 Å². The zero-order chi connectivity index (χ0) is 19.2. The summed E-state index contributed by atoms with van der Waals surface area (Å²) in [6, 6.07) is 14.8. The first-order valence-electron chi connectivity index (χ1n) is 8.30. The van der Waals surface area contributed by atoms with Crippen LogP contribution in [0.15, 0.2) is 58.6 Å². The lowest BCUT2D eigenvalue weighted by Gasteiger charge is -2.06. The molecule has 0 saturated heterocycles. The summed E-state index contributed by atoms with van der Waals surface area (Å²) in [5.41, 5.74) is 1.80. The van der Waals surface area contributed by atoms with Crippen LogP contribution < -0.4 is 5.32 Å². The standard InChI is InChI=1S/C19H20N4O2S2/c1-13-6-8-16(9-7-13)26-11-17-21-22-19(23(17)2)27-12-18(25)20-14-4-3-5-15(24)10-14/h3-10,24H,11-12H2,1-2H3,(H,20,25). The summed E-state index contributed by atoms with van der Waals surface area (Å²) < 4.78 is 1.91. The predicted molar refractivity (Wildman–Crippen MR) is 109 cm³/mol. The minimum Gasteiger partial charge on any atom is -0.508 e. The van der Waals surface area contributed by atoms with Crippen LogP contribution in [-0.2, 0) is 17.6 Å². The molecule has 0 radical (unpaired) electrons. The van der Waals surface area contributed by atoms with Crippen LogP contribution in [0.3, 0.4) is 0 Å². The number of phenolic OH excluding ortho intramolecular Hbond substituents is 1. The monoisotopic (exact) mass is 400 g/mol. The average Bonchev–Trinajstić information content (AvgIpc) is 2.99. The molecule has 0 spiro atoms. The predicted octanol–water partition coefficient (Wildman–Crippen LogP) is 3.85. The first-order valence-corrected chi connectivity index (χ1v) is 10.3. The smallest absolute Gasteiger partial charge is 0.234 e. The minimum absolute atomic E-state index is 0.115. The molecule has 0 fully saturated rings. The van der Waals surface area contributed by atoms with E-state index < -0.39 is 0 Å². The highest BCUT2D eigenvalue weighted by Crippen LogP contribution is 2.24. The molecule has 0 atom stereocenters. The highest BCUT2D eigenvalue weighted by atomic mass is 32.2. The zero-order valence-electron chi connectivity index (χ0n) is 15.0. The molecule has 27 heavy (non-hydrogen) atoms. The van der Waals surface area contributed by atoms with Crippen LogP contribution in [0.1, 0.15) is 11.4 Å². The molecule has 0 aliphatic carbocycles. The zero-order valence-corrected chi connectivity index (χ0v) is 16.7. The summed E-state index contributed by atoms with van der Waals surface area (Å²) in [5, 5.41) is 21.3. The van der Waals surface area contributed by atoms with Crippen LogP contribution in [0, 0.1) is 6.92 Å². The number of phenols is 1. The third-order valence-corrected chi connectivity index (χ3v) is 5.80. The van der Waals surface area contributed by atoms with E-state index in [1.54, 1.807) is 30.0 Å². The molecule has 0 aliphatic rings. The van der Waals surface area contributed by atoms with E-state index in [0.29, 0.717) is 16.6 Å². The maximum atomic E-state index is 12.1. The topological polar surface area (TPSA) is 80.0 Å². The first-order chi connectivity index (χ1) is 13.0. The van der Waals surface area contributed by atoms with Crippen LogP contribution in [0.25, 0.3) is 0 Å². The van der Waals surface area contributed by atoms with Gasteiger partial charge < -0.3 is 15.0 Å². The van der Waals surface area contributed by atoms with E-state index in [-0.39, 0.29) is 17.4 Å². The van der Waals surface area contributed by atoms with Gasteiger partial charge in [-0.3, -0.25) is 4.79 Å². The number of aromatic nitrogens is 3. The van der Waals surface area contributed by atoms with Crippen LogP contribution in [0.2, 0.25) is 0 Å². The number of hydrogen-bond donors (Lipinski definition) is 2. The Kier molecular flexibility index (Phi) is 6.41. The fraction of sp³-hybridized carbons (Fsp3) is 0.211. The van der Waals surface area contributed by atoms with Crippen molar-refractivity contribution in [1.29, 1.82) is 0 Å². The SMILES string of the molecule is Cc1ccc(SCc2nnc(SCC(=O)Nc3cccc(O)c3)n2C)cc1. The van der Waals surface area contributed by atoms with Gasteiger partial charge in [0.2, 0.25) is 5.91 Å². The normalized spacial score (nSPS) is 10.7. The molecule has 3 aromatic rings. The number of amides is 1. The second kappa shape index (κ2) is 8.96. The van der Waals surface area contributed by atoms with Gasteiger partial charge in [0.05, 0.1) is 11.5 Å². The molecule has 1 amide bonds. The number of hydrogen-bond acceptors (Lipinski definition) is 6. The fourth-order valence-electron chi connectivity index (χ4n) is 2.29. The molecular weight excluding hydrogens is 380 g/mol. The lowest BCUT2D eigenvalue weighted by molar-refractivity contribution is -0.113. The number of anilines is 1. The highest BCUT2D eigenvalue weighted by molar-refractivity contribution is 7.99. The van der Waals surface area contributed by atoms with Gasteiger partial charge in [0.15, 0.2) is 5.16 Å². The van der Waals surface area contributed by atoms with Crippen molar-refractivity contribution in [2.45, 2.75) is 22.7 Å². The molecule has 6 nitrogen and oxygen atoms in total. The average molecular weight is 401 g/mol. The summed E-state index contributed by atoms with van der Waals surface area (Å²) >= 11 is 3.03. The van der Waals surface area contributed by atoms with Crippen LogP contribution in [0.4, 0.5) is 5.69 Å². The van der Waals surface area contributed by atoms with E-state index in [2.05, 4.69) is 46.7 Å². The van der Waals surface area contributed by atoms with E-state index in [9.17, 15) is 9.90 Å². The number of aromatic hydroxyl groups is 1. The molecule has 8 heteroatoms. The van der Waals surface area contributed by atoms with Gasteiger partial charge in [0.1, 0.15) is 11.6 Å². The van der Waals surface area contributed by atoms with E-state index in [0.717, 1.165) is 5.82 Å². The molecule has 3 rings (SSSR count). The van der Waals surface area contributed by atoms with Crippen molar-refractivity contribution in [1.82, 2.24) is 14.8 Å². The van der Waals surface area contributed by atoms with Crippen LogP contribution in [-0.4, -0.2) is 31.5 Å². The third-order valence-electron chi connectivity index (χ3n) is 3.78. The number of carbonyl (C=O) groups excluding carboxylic acids is 1. The molecule has 0 aliphatic heterocycles. The van der Waals surface area contributed by atoms with E-state index in [4.69, 9.17) is 0 Å². The Morgan fingerprint density at radius 1 is 1.15 bits per heavy atom. The number of benzene rings is 2. The van der Waals surface area contributed by atoms with Gasteiger partial charge in [-0.05, 0) is 31.2 Å². The van der Waals surface area contributed by atoms with Gasteiger partial charge in [0, 0.05) is 23.7 Å². The van der Waals surface area contributed by atoms with Crippen molar-refractivity contribution in [2.75, 3.05) is 11.1 Å². The molecule has 0 bridgehead atoms. The number of aryl methyl sites for hydroxylation is 1. The number of nitrogens with one attached hydrogen (secondary N) is 1. The second-order valence-electron chi connectivity index (χ2n) is 5.95. The number of rotatable bonds is 7. The van der Waals surface area contributed by atoms with Crippen LogP contribution >= 0.6 is 23.5 Å². The molecule has 0 saturated carbocycles. The Bertz CT molecular complexity index is 926. The van der Waals surface area contributed by atoms with Gasteiger partial charge in [-0.25, -0.2) is 0 Å². The van der Waals surface area contributed by atoms with Crippen molar-refractivity contribution in [3.63, 3.8) is 0 Å². The Morgan fingerprint density at radius 2 is 1.93 bits per heavy atom. The third kappa shape index (κ3) is 5.51. The minimum atomic E-state index is -0.163. The Balaban J connectivity index is 1.52. The summed E-state index contributed by atoms with van der Waals surface area (Å²) in [7, 11) is 1.90. The summed E-state index contributed by atoms with van der Waals surface area (Å²) in [4.78, 5) is 13.3. The van der Waals surface area contributed by atoms with Gasteiger partial charge in [-0.1, -0.05) is 35.5 Å². The van der Waals surface area contributed by atoms with Gasteiger partial charge >= 0.3 is 0 Å². The Labute approximate surface area is 166 Å². The Hall–Kier alpha value is -2.45. The number of nitrogens with zero attached hydrogens (tertiary/aromatic N) is 3. The maximum Gasteiger partial charge on any atom is 0.234 e. The molecule has 2 aromatic carbocycles. The molecule has 140 valence electrons. The molecule has 2 N–H and O–H groups in total. The lowest BCUT2D eigenvalue weighted by Crippen LogP contribution is -2.14. The summed E-state index contributed by atoms with van der Waals surface area (Å²) in [6.45, 7) is 2.07. The second-order valence-corrected chi connectivity index (χ2v) is 7.94. The maximum absolute atomic E-state index is 12.1. The molecular formula is C19H20N4O2S2. The number of thioether (sulfide) groups is 2. The summed E-state index contributed by atoms with van der Waals surface area (Å²) in [6.07, 6.45) is 0. The van der Waals surface area contributed by atoms with Crippen molar-refractivity contribution in [3.8, 4) is 5.75 Å². The molecule has 1 aromatic heterocycles. The van der Waals surface area contributed by atoms with Crippen molar-refractivity contribution >= 4 is 35.1 Å². The largest absolute Gasteiger partial charge is 0.508 e. The van der Waals surface area contributed by atoms with Crippen molar-refractivity contribution in [3.05, 3.63) is 59.9 Å². The molecule has 0 unspecified atom stereocenters. The first kappa shape index (κ1) is 19.3. The van der Waals surface area contributed by atoms with E-state index in [1.165, 1.54) is 28.3 Å². The van der Waals surface area contributed by atoms with E-state index in [1.807, 2.05) is 11.6 Å². The Morgan fingerprint density at radius 3 is 2.67 bits per heavy atom. The van der Waals surface area contributed by atoms with E-state index >= 15 is 0 Å². The van der Waals surface area contributed by atoms with Gasteiger partial charge in [0.25, 0.3) is 0 Å². The fourth-order valence-corrected chi connectivity index (χ4v) is 3.90. The van der Waals surface area contributed by atoms with Crippen molar-refractivity contribution < 1.29 is 9.90 Å². The highest BCUT2D eigenvalue weighted by Gasteiger charge is 2.12. The van der Waals surface area contributed by atoms with Crippen LogP contribution in [0.5, 0.6) is 5.75 Å². The molecule has 1 heterocycles. The summed E-state index contributed by atoms with van der Waals surface area (Å²) in [5.74, 6) is 1.74. The number of carbonyl (C=O) groups is 1. The quantitative estimate of drug-likeness (QED) is 0.587.